The molecule has 15 heavy (non-hydrogen) atoms. The quantitative estimate of drug-likeness (QED) is 0.495. The highest BCUT2D eigenvalue weighted by molar-refractivity contribution is 6.43. The minimum absolute atomic E-state index is 0.0327. The fourth-order valence-corrected chi connectivity index (χ4v) is 1.39. The summed E-state index contributed by atoms with van der Waals surface area (Å²) < 4.78 is 4.24. The normalized spacial score (nSPS) is 9.80. The molecule has 0 bridgehead atoms. The number of benzene rings is 1. The zero-order valence-electron chi connectivity index (χ0n) is 7.58. The fraction of sp³-hybridized carbons (Fsp3) is 0.111. The lowest BCUT2D eigenvalue weighted by Gasteiger charge is -2.03. The number of carbonyl (C=O) groups excluding carboxylic acids is 2. The summed E-state index contributed by atoms with van der Waals surface area (Å²) in [6, 6.07) is 2.28. The van der Waals surface area contributed by atoms with Crippen molar-refractivity contribution >= 4 is 35.0 Å². The van der Waals surface area contributed by atoms with E-state index in [9.17, 15) is 14.7 Å². The van der Waals surface area contributed by atoms with Gasteiger partial charge in [0, 0.05) is 5.56 Å². The first-order chi connectivity index (χ1) is 6.97. The van der Waals surface area contributed by atoms with E-state index in [2.05, 4.69) is 4.74 Å². The van der Waals surface area contributed by atoms with Crippen LogP contribution in [0.4, 0.5) is 0 Å². The fourth-order valence-electron chi connectivity index (χ4n) is 0.907. The molecule has 0 aliphatic heterocycles. The van der Waals surface area contributed by atoms with Gasteiger partial charge in [0.1, 0.15) is 0 Å². The van der Waals surface area contributed by atoms with Crippen molar-refractivity contribution in [1.29, 1.82) is 0 Å². The molecule has 0 unspecified atom stereocenters. The topological polar surface area (TPSA) is 63.6 Å². The van der Waals surface area contributed by atoms with Crippen LogP contribution in [0.5, 0.6) is 5.75 Å². The molecule has 1 aromatic rings. The van der Waals surface area contributed by atoms with Gasteiger partial charge in [-0.15, -0.1) is 0 Å². The molecule has 0 aliphatic rings. The number of phenols is 1. The lowest BCUT2D eigenvalue weighted by molar-refractivity contribution is -0.135. The van der Waals surface area contributed by atoms with Crippen LogP contribution in [0.25, 0.3) is 0 Å². The molecule has 6 heteroatoms. The zero-order chi connectivity index (χ0) is 11.6. The number of phenolic OH excluding ortho intramolecular Hbond substituents is 1. The Hall–Kier alpha value is -1.26. The van der Waals surface area contributed by atoms with Gasteiger partial charge in [-0.05, 0) is 12.1 Å². The Balaban J connectivity index is 3.17. The summed E-state index contributed by atoms with van der Waals surface area (Å²) in [5.74, 6) is -2.23. The molecule has 1 rings (SSSR count). The number of hydrogen-bond acceptors (Lipinski definition) is 4. The van der Waals surface area contributed by atoms with Crippen molar-refractivity contribution in [2.45, 2.75) is 0 Å². The molecule has 1 aromatic carbocycles. The van der Waals surface area contributed by atoms with Crippen LogP contribution in [0, 0.1) is 0 Å². The van der Waals surface area contributed by atoms with Crippen LogP contribution in [-0.2, 0) is 9.53 Å². The van der Waals surface area contributed by atoms with E-state index >= 15 is 0 Å². The van der Waals surface area contributed by atoms with Gasteiger partial charge in [-0.2, -0.15) is 0 Å². The Bertz CT molecular complexity index is 405. The lowest BCUT2D eigenvalue weighted by Crippen LogP contribution is -2.15. The Morgan fingerprint density at radius 1 is 1.27 bits per heavy atom. The maximum absolute atomic E-state index is 11.3. The second-order valence-electron chi connectivity index (χ2n) is 2.61. The Kier molecular flexibility index (Phi) is 3.55. The predicted molar refractivity (Wildman–Crippen MR) is 54.5 cm³/mol. The number of ether oxygens (including phenoxy) is 1. The molecule has 0 aromatic heterocycles. The summed E-state index contributed by atoms with van der Waals surface area (Å²) in [6.45, 7) is 0. The van der Waals surface area contributed by atoms with Gasteiger partial charge in [-0.25, -0.2) is 4.79 Å². The van der Waals surface area contributed by atoms with Gasteiger partial charge in [0.05, 0.1) is 17.2 Å². The van der Waals surface area contributed by atoms with Crippen LogP contribution in [0.1, 0.15) is 10.4 Å². The number of hydrogen-bond donors (Lipinski definition) is 1. The number of aromatic hydroxyl groups is 1. The minimum atomic E-state index is -1.02. The third-order valence-electron chi connectivity index (χ3n) is 1.65. The second-order valence-corrected chi connectivity index (χ2v) is 3.42. The molecule has 0 heterocycles. The van der Waals surface area contributed by atoms with Crippen molar-refractivity contribution in [1.82, 2.24) is 0 Å². The molecule has 0 spiro atoms. The van der Waals surface area contributed by atoms with E-state index in [1.807, 2.05) is 0 Å². The number of esters is 1. The average Bonchev–Trinajstić information content (AvgIpc) is 2.23. The van der Waals surface area contributed by atoms with Crippen molar-refractivity contribution < 1.29 is 19.4 Å². The molecule has 0 aliphatic carbocycles. The minimum Gasteiger partial charge on any atom is -0.505 e. The molecule has 0 saturated heterocycles. The highest BCUT2D eigenvalue weighted by Gasteiger charge is 2.19. The maximum Gasteiger partial charge on any atom is 0.379 e. The van der Waals surface area contributed by atoms with Crippen molar-refractivity contribution in [3.8, 4) is 5.75 Å². The summed E-state index contributed by atoms with van der Waals surface area (Å²) >= 11 is 11.1. The van der Waals surface area contributed by atoms with E-state index in [0.717, 1.165) is 19.2 Å². The summed E-state index contributed by atoms with van der Waals surface area (Å²) in [5, 5.41) is 9.01. The second kappa shape index (κ2) is 4.51. The number of rotatable bonds is 2. The van der Waals surface area contributed by atoms with Crippen molar-refractivity contribution in [3.63, 3.8) is 0 Å². The molecule has 0 saturated carbocycles. The SMILES string of the molecule is COC(=O)C(=O)c1cc(Cl)c(O)c(Cl)c1. The first-order valence-electron chi connectivity index (χ1n) is 3.78. The molecule has 0 radical (unpaired) electrons. The van der Waals surface area contributed by atoms with Crippen molar-refractivity contribution in [2.24, 2.45) is 0 Å². The monoisotopic (exact) mass is 248 g/mol. The van der Waals surface area contributed by atoms with Gasteiger partial charge >= 0.3 is 5.97 Å². The Morgan fingerprint density at radius 2 is 1.73 bits per heavy atom. The molecular weight excluding hydrogens is 243 g/mol. The van der Waals surface area contributed by atoms with E-state index in [4.69, 9.17) is 23.2 Å². The molecule has 0 fully saturated rings. The molecule has 4 nitrogen and oxygen atoms in total. The van der Waals surface area contributed by atoms with Gasteiger partial charge in [-0.1, -0.05) is 23.2 Å². The first-order valence-corrected chi connectivity index (χ1v) is 4.53. The largest absolute Gasteiger partial charge is 0.505 e. The predicted octanol–water partition coefficient (Wildman–Crippen LogP) is 2.05. The Morgan fingerprint density at radius 3 is 2.13 bits per heavy atom. The van der Waals surface area contributed by atoms with Gasteiger partial charge in [0.25, 0.3) is 5.78 Å². The molecule has 0 atom stereocenters. The van der Waals surface area contributed by atoms with Crippen LogP contribution in [0.2, 0.25) is 10.0 Å². The van der Waals surface area contributed by atoms with Gasteiger partial charge in [0.2, 0.25) is 0 Å². The van der Waals surface area contributed by atoms with E-state index in [-0.39, 0.29) is 21.4 Å². The van der Waals surface area contributed by atoms with Crippen LogP contribution < -0.4 is 0 Å². The van der Waals surface area contributed by atoms with Gasteiger partial charge in [-0.3, -0.25) is 4.79 Å². The van der Waals surface area contributed by atoms with E-state index in [1.165, 1.54) is 0 Å². The third-order valence-corrected chi connectivity index (χ3v) is 2.23. The number of methoxy groups -OCH3 is 1. The van der Waals surface area contributed by atoms with Crippen LogP contribution in [0.3, 0.4) is 0 Å². The first kappa shape index (κ1) is 11.8. The van der Waals surface area contributed by atoms with Gasteiger partial charge < -0.3 is 9.84 Å². The standard InChI is InChI=1S/C9H6Cl2O4/c1-15-9(14)7(12)4-2-5(10)8(13)6(11)3-4/h2-3,13H,1H3. The molecular formula is C9H6Cl2O4. The maximum atomic E-state index is 11.3. The van der Waals surface area contributed by atoms with E-state index in [1.54, 1.807) is 0 Å². The zero-order valence-corrected chi connectivity index (χ0v) is 9.09. The van der Waals surface area contributed by atoms with Crippen molar-refractivity contribution in [2.75, 3.05) is 7.11 Å². The highest BCUT2D eigenvalue weighted by atomic mass is 35.5. The smallest absolute Gasteiger partial charge is 0.379 e. The highest BCUT2D eigenvalue weighted by Crippen LogP contribution is 2.32. The lowest BCUT2D eigenvalue weighted by atomic mass is 10.1. The number of halogens is 2. The summed E-state index contributed by atoms with van der Waals surface area (Å²) in [4.78, 5) is 22.2. The summed E-state index contributed by atoms with van der Waals surface area (Å²) in [5.41, 5.74) is -0.0327. The molecule has 80 valence electrons. The summed E-state index contributed by atoms with van der Waals surface area (Å²) in [7, 11) is 1.09. The molecule has 0 amide bonds. The van der Waals surface area contributed by atoms with Crippen LogP contribution >= 0.6 is 23.2 Å². The van der Waals surface area contributed by atoms with Crippen molar-refractivity contribution in [3.05, 3.63) is 27.7 Å². The number of ketones is 1. The Labute approximate surface area is 95.4 Å². The van der Waals surface area contributed by atoms with E-state index < -0.39 is 11.8 Å². The average molecular weight is 249 g/mol. The van der Waals surface area contributed by atoms with E-state index in [0.29, 0.717) is 0 Å². The van der Waals surface area contributed by atoms with Crippen LogP contribution in [0.15, 0.2) is 12.1 Å². The number of Topliss-reactive ketones (excluding diaryl/α,β-unsaturated/α-hetero) is 1. The van der Waals surface area contributed by atoms with Crippen LogP contribution in [-0.4, -0.2) is 24.0 Å². The third kappa shape index (κ3) is 2.40. The molecule has 1 N–H and O–H groups in total. The van der Waals surface area contributed by atoms with Gasteiger partial charge in [0.15, 0.2) is 5.75 Å². The number of carbonyl (C=O) groups is 2. The summed E-state index contributed by atoms with van der Waals surface area (Å²) in [6.07, 6.45) is 0.